The van der Waals surface area contributed by atoms with Crippen molar-refractivity contribution in [2.75, 3.05) is 13.2 Å². The van der Waals surface area contributed by atoms with E-state index < -0.39 is 5.41 Å². The van der Waals surface area contributed by atoms with Crippen LogP contribution in [0.1, 0.15) is 32.3 Å². The van der Waals surface area contributed by atoms with Crippen molar-refractivity contribution in [1.29, 1.82) is 0 Å². The van der Waals surface area contributed by atoms with Gasteiger partial charge in [0.25, 0.3) is 0 Å². The number of cyclic esters (lactones) is 1. The average Bonchev–Trinajstić information content (AvgIpc) is 2.59. The minimum atomic E-state index is -1.01. The summed E-state index contributed by atoms with van der Waals surface area (Å²) < 4.78 is 5.24. The standard InChI is InChI=1S/C16H21NO3/c1-3-16(4-2)14(18)17(10-11-20-15(16)19)12-13-8-6-5-7-9-13/h5-9H,3-4,10-12H2,1-2H3. The minimum absolute atomic E-state index is 0.103. The largest absolute Gasteiger partial charge is 0.463 e. The molecule has 1 aliphatic heterocycles. The van der Waals surface area contributed by atoms with E-state index >= 15 is 0 Å². The fourth-order valence-corrected chi connectivity index (χ4v) is 2.67. The lowest BCUT2D eigenvalue weighted by atomic mass is 9.81. The molecule has 0 unspecified atom stereocenters. The molecule has 108 valence electrons. The number of rotatable bonds is 4. The summed E-state index contributed by atoms with van der Waals surface area (Å²) in [6.07, 6.45) is 0.957. The molecule has 0 radical (unpaired) electrons. The van der Waals surface area contributed by atoms with Gasteiger partial charge in [0, 0.05) is 6.54 Å². The first-order valence-electron chi connectivity index (χ1n) is 7.14. The van der Waals surface area contributed by atoms with Gasteiger partial charge in [0.15, 0.2) is 0 Å². The summed E-state index contributed by atoms with van der Waals surface area (Å²) in [6.45, 7) is 5.00. The Morgan fingerprint density at radius 3 is 2.40 bits per heavy atom. The molecule has 1 aliphatic rings. The topological polar surface area (TPSA) is 46.6 Å². The summed E-state index contributed by atoms with van der Waals surface area (Å²) in [7, 11) is 0. The molecule has 4 heteroatoms. The molecule has 0 saturated carbocycles. The van der Waals surface area contributed by atoms with Crippen LogP contribution in [-0.4, -0.2) is 29.9 Å². The number of amides is 1. The monoisotopic (exact) mass is 275 g/mol. The van der Waals surface area contributed by atoms with E-state index in [2.05, 4.69) is 0 Å². The third kappa shape index (κ3) is 2.55. The van der Waals surface area contributed by atoms with Gasteiger partial charge in [-0.1, -0.05) is 44.2 Å². The first-order chi connectivity index (χ1) is 9.64. The van der Waals surface area contributed by atoms with Gasteiger partial charge >= 0.3 is 5.97 Å². The molecular formula is C16H21NO3. The van der Waals surface area contributed by atoms with Gasteiger partial charge in [0.1, 0.15) is 12.0 Å². The van der Waals surface area contributed by atoms with Crippen LogP contribution in [0.3, 0.4) is 0 Å². The van der Waals surface area contributed by atoms with Crippen LogP contribution in [0.5, 0.6) is 0 Å². The molecular weight excluding hydrogens is 254 g/mol. The number of hydrogen-bond acceptors (Lipinski definition) is 3. The predicted octanol–water partition coefficient (Wildman–Crippen LogP) is 2.38. The quantitative estimate of drug-likeness (QED) is 0.626. The average molecular weight is 275 g/mol. The van der Waals surface area contributed by atoms with Gasteiger partial charge in [0.05, 0.1) is 6.54 Å². The van der Waals surface area contributed by atoms with Crippen molar-refractivity contribution in [1.82, 2.24) is 4.90 Å². The van der Waals surface area contributed by atoms with Crippen molar-refractivity contribution in [2.45, 2.75) is 33.2 Å². The van der Waals surface area contributed by atoms with Crippen LogP contribution < -0.4 is 0 Å². The number of carbonyl (C=O) groups excluding carboxylic acids is 2. The molecule has 0 N–H and O–H groups in total. The Kier molecular flexibility index (Phi) is 4.42. The molecule has 1 amide bonds. The predicted molar refractivity (Wildman–Crippen MR) is 75.8 cm³/mol. The van der Waals surface area contributed by atoms with Gasteiger partial charge in [0.2, 0.25) is 5.91 Å². The molecule has 4 nitrogen and oxygen atoms in total. The summed E-state index contributed by atoms with van der Waals surface area (Å²) >= 11 is 0. The molecule has 0 aromatic heterocycles. The second kappa shape index (κ2) is 6.07. The Morgan fingerprint density at radius 1 is 1.15 bits per heavy atom. The Labute approximate surface area is 119 Å². The fraction of sp³-hybridized carbons (Fsp3) is 0.500. The van der Waals surface area contributed by atoms with Gasteiger partial charge in [-0.05, 0) is 18.4 Å². The van der Waals surface area contributed by atoms with Gasteiger partial charge in [-0.15, -0.1) is 0 Å². The second-order valence-corrected chi connectivity index (χ2v) is 5.14. The molecule has 1 saturated heterocycles. The highest BCUT2D eigenvalue weighted by atomic mass is 16.5. The van der Waals surface area contributed by atoms with Crippen LogP contribution in [0.2, 0.25) is 0 Å². The number of esters is 1. The Balaban J connectivity index is 2.25. The van der Waals surface area contributed by atoms with Crippen LogP contribution in [0.4, 0.5) is 0 Å². The SMILES string of the molecule is CCC1(CC)C(=O)OCCN(Cc2ccccc2)C1=O. The van der Waals surface area contributed by atoms with E-state index in [0.29, 0.717) is 25.9 Å². The van der Waals surface area contributed by atoms with Gasteiger partial charge in [-0.3, -0.25) is 9.59 Å². The molecule has 2 rings (SSSR count). The summed E-state index contributed by atoms with van der Waals surface area (Å²) in [5.74, 6) is -0.475. The first kappa shape index (κ1) is 14.6. The van der Waals surface area contributed by atoms with E-state index in [-0.39, 0.29) is 18.5 Å². The van der Waals surface area contributed by atoms with E-state index in [1.165, 1.54) is 0 Å². The number of ether oxygens (including phenoxy) is 1. The zero-order valence-electron chi connectivity index (χ0n) is 12.1. The summed E-state index contributed by atoms with van der Waals surface area (Å²) in [5, 5.41) is 0. The van der Waals surface area contributed by atoms with Crippen LogP contribution in [-0.2, 0) is 20.9 Å². The van der Waals surface area contributed by atoms with E-state index in [0.717, 1.165) is 5.56 Å². The highest BCUT2D eigenvalue weighted by molar-refractivity contribution is 6.03. The maximum Gasteiger partial charge on any atom is 0.321 e. The van der Waals surface area contributed by atoms with Gasteiger partial charge < -0.3 is 9.64 Å². The van der Waals surface area contributed by atoms with Gasteiger partial charge in [-0.2, -0.15) is 0 Å². The third-order valence-electron chi connectivity index (χ3n) is 4.11. The van der Waals surface area contributed by atoms with Crippen molar-refractivity contribution < 1.29 is 14.3 Å². The van der Waals surface area contributed by atoms with Crippen LogP contribution >= 0.6 is 0 Å². The maximum atomic E-state index is 12.8. The third-order valence-corrected chi connectivity index (χ3v) is 4.11. The molecule has 1 heterocycles. The molecule has 0 aliphatic carbocycles. The Morgan fingerprint density at radius 2 is 1.80 bits per heavy atom. The molecule has 1 aromatic rings. The second-order valence-electron chi connectivity index (χ2n) is 5.14. The molecule has 0 bridgehead atoms. The lowest BCUT2D eigenvalue weighted by Gasteiger charge is -2.30. The van der Waals surface area contributed by atoms with E-state index in [4.69, 9.17) is 4.74 Å². The summed E-state index contributed by atoms with van der Waals surface area (Å²) in [4.78, 5) is 26.6. The molecule has 0 atom stereocenters. The maximum absolute atomic E-state index is 12.8. The van der Waals surface area contributed by atoms with Crippen LogP contribution in [0, 0.1) is 5.41 Å². The molecule has 1 aromatic carbocycles. The van der Waals surface area contributed by atoms with E-state index in [1.807, 2.05) is 44.2 Å². The lowest BCUT2D eigenvalue weighted by molar-refractivity contribution is -0.161. The van der Waals surface area contributed by atoms with Crippen molar-refractivity contribution in [3.05, 3.63) is 35.9 Å². The normalized spacial score (nSPS) is 18.6. The van der Waals surface area contributed by atoms with Crippen molar-refractivity contribution in [3.63, 3.8) is 0 Å². The highest BCUT2D eigenvalue weighted by Crippen LogP contribution is 2.33. The molecule has 0 spiro atoms. The van der Waals surface area contributed by atoms with Gasteiger partial charge in [-0.25, -0.2) is 0 Å². The van der Waals surface area contributed by atoms with Crippen LogP contribution in [0.25, 0.3) is 0 Å². The summed E-state index contributed by atoms with van der Waals surface area (Å²) in [5.41, 5.74) is 0.0574. The van der Waals surface area contributed by atoms with E-state index in [9.17, 15) is 9.59 Å². The zero-order chi connectivity index (χ0) is 14.6. The molecule has 20 heavy (non-hydrogen) atoms. The number of benzene rings is 1. The zero-order valence-corrected chi connectivity index (χ0v) is 12.1. The van der Waals surface area contributed by atoms with E-state index in [1.54, 1.807) is 4.90 Å². The molecule has 1 fully saturated rings. The Hall–Kier alpha value is -1.84. The highest BCUT2D eigenvalue weighted by Gasteiger charge is 2.48. The number of nitrogens with zero attached hydrogens (tertiary/aromatic N) is 1. The number of hydrogen-bond donors (Lipinski definition) is 0. The van der Waals surface area contributed by atoms with Crippen molar-refractivity contribution in [2.24, 2.45) is 5.41 Å². The Bertz CT molecular complexity index is 480. The first-order valence-corrected chi connectivity index (χ1v) is 7.14. The number of carbonyl (C=O) groups is 2. The van der Waals surface area contributed by atoms with Crippen molar-refractivity contribution >= 4 is 11.9 Å². The smallest absolute Gasteiger partial charge is 0.321 e. The lowest BCUT2D eigenvalue weighted by Crippen LogP contribution is -2.46. The fourth-order valence-electron chi connectivity index (χ4n) is 2.67. The summed E-state index contributed by atoms with van der Waals surface area (Å²) in [6, 6.07) is 9.82. The van der Waals surface area contributed by atoms with Crippen molar-refractivity contribution in [3.8, 4) is 0 Å². The minimum Gasteiger partial charge on any atom is -0.463 e. The van der Waals surface area contributed by atoms with Crippen LogP contribution in [0.15, 0.2) is 30.3 Å².